The van der Waals surface area contributed by atoms with Crippen molar-refractivity contribution in [3.05, 3.63) is 125 Å². The standard InChI is InChI=1S/C36H30N2O6/c1-42-27-15-9-6-12-24(27)33(40)30-31(32(39)22-16-17-28(43-2)29(20-22)44-3)38-19-18-21-10-4-5-11-23(21)34(38)36(30)25-13-7-8-14-26(25)37-35(36)41/h4-20,30-31,34H,1-3H3,(H,37,41)/t30-,31-,34-,36-/m1/s1. The van der Waals surface area contributed by atoms with E-state index in [4.69, 9.17) is 14.2 Å². The van der Waals surface area contributed by atoms with Crippen LogP contribution in [-0.4, -0.2) is 49.7 Å². The molecule has 4 aromatic rings. The van der Waals surface area contributed by atoms with Gasteiger partial charge >= 0.3 is 0 Å². The van der Waals surface area contributed by atoms with Gasteiger partial charge in [0.05, 0.1) is 38.9 Å². The van der Waals surface area contributed by atoms with Gasteiger partial charge in [-0.05, 0) is 59.2 Å². The number of methoxy groups -OCH3 is 3. The van der Waals surface area contributed by atoms with Crippen LogP contribution in [0.2, 0.25) is 0 Å². The number of anilines is 1. The maximum Gasteiger partial charge on any atom is 0.238 e. The van der Waals surface area contributed by atoms with Crippen molar-refractivity contribution in [3.63, 3.8) is 0 Å². The second-order valence-corrected chi connectivity index (χ2v) is 11.1. The maximum atomic E-state index is 15.1. The highest BCUT2D eigenvalue weighted by atomic mass is 16.5. The molecule has 0 saturated carbocycles. The van der Waals surface area contributed by atoms with Gasteiger partial charge in [-0.25, -0.2) is 0 Å². The van der Waals surface area contributed by atoms with Gasteiger partial charge in [0.15, 0.2) is 23.1 Å². The first-order chi connectivity index (χ1) is 21.4. The summed E-state index contributed by atoms with van der Waals surface area (Å²) in [5.74, 6) is -0.882. The fraction of sp³-hybridized carbons (Fsp3) is 0.194. The minimum absolute atomic E-state index is 0.304. The van der Waals surface area contributed by atoms with Crippen molar-refractivity contribution in [3.8, 4) is 17.2 Å². The summed E-state index contributed by atoms with van der Waals surface area (Å²) in [4.78, 5) is 46.4. The van der Waals surface area contributed by atoms with Gasteiger partial charge in [-0.15, -0.1) is 0 Å². The number of hydrogen-bond acceptors (Lipinski definition) is 7. The number of carbonyl (C=O) groups excluding carboxylic acids is 3. The lowest BCUT2D eigenvalue weighted by atomic mass is 9.62. The lowest BCUT2D eigenvalue weighted by Gasteiger charge is -2.38. The first-order valence-corrected chi connectivity index (χ1v) is 14.3. The minimum atomic E-state index is -1.44. The number of carbonyl (C=O) groups is 3. The Kier molecular flexibility index (Phi) is 6.50. The Morgan fingerprint density at radius 2 is 1.48 bits per heavy atom. The molecule has 1 N–H and O–H groups in total. The number of rotatable bonds is 7. The maximum absolute atomic E-state index is 15.1. The lowest BCUT2D eigenvalue weighted by molar-refractivity contribution is -0.122. The van der Waals surface area contributed by atoms with Gasteiger partial charge in [0.25, 0.3) is 0 Å². The molecule has 1 saturated heterocycles. The fourth-order valence-corrected chi connectivity index (χ4v) is 7.34. The Balaban J connectivity index is 1.53. The first-order valence-electron chi connectivity index (χ1n) is 14.3. The second-order valence-electron chi connectivity index (χ2n) is 11.1. The molecule has 3 heterocycles. The third-order valence-electron chi connectivity index (χ3n) is 9.16. The zero-order valence-electron chi connectivity index (χ0n) is 24.4. The van der Waals surface area contributed by atoms with E-state index < -0.39 is 23.4 Å². The summed E-state index contributed by atoms with van der Waals surface area (Å²) in [7, 11) is 4.53. The van der Waals surface area contributed by atoms with E-state index in [-0.39, 0.29) is 17.5 Å². The summed E-state index contributed by atoms with van der Waals surface area (Å²) in [5.41, 5.74) is 2.29. The normalized spacial score (nSPS) is 22.6. The quantitative estimate of drug-likeness (QED) is 0.278. The van der Waals surface area contributed by atoms with Gasteiger partial charge in [0.1, 0.15) is 17.2 Å². The zero-order chi connectivity index (χ0) is 30.6. The van der Waals surface area contributed by atoms with Crippen LogP contribution in [0.15, 0.2) is 97.2 Å². The van der Waals surface area contributed by atoms with Gasteiger partial charge in [-0.1, -0.05) is 54.6 Å². The van der Waals surface area contributed by atoms with E-state index in [1.165, 1.54) is 21.3 Å². The van der Waals surface area contributed by atoms with Gasteiger partial charge < -0.3 is 24.4 Å². The largest absolute Gasteiger partial charge is 0.496 e. The molecule has 0 unspecified atom stereocenters. The summed E-state index contributed by atoms with van der Waals surface area (Å²) in [5, 5.41) is 3.07. The van der Waals surface area contributed by atoms with E-state index in [1.807, 2.05) is 65.7 Å². The van der Waals surface area contributed by atoms with Crippen LogP contribution in [0.5, 0.6) is 17.2 Å². The molecule has 0 aromatic heterocycles. The van der Waals surface area contributed by atoms with Crippen molar-refractivity contribution >= 4 is 29.2 Å². The summed E-state index contributed by atoms with van der Waals surface area (Å²) in [6.07, 6.45) is 3.78. The highest BCUT2D eigenvalue weighted by molar-refractivity contribution is 6.17. The molecule has 8 nitrogen and oxygen atoms in total. The van der Waals surface area contributed by atoms with E-state index >= 15 is 4.79 Å². The monoisotopic (exact) mass is 586 g/mol. The van der Waals surface area contributed by atoms with Crippen molar-refractivity contribution in [1.29, 1.82) is 0 Å². The summed E-state index contributed by atoms with van der Waals surface area (Å²) in [6, 6.07) is 25.5. The number of hydrogen-bond donors (Lipinski definition) is 1. The van der Waals surface area contributed by atoms with Crippen molar-refractivity contribution in [2.45, 2.75) is 17.5 Å². The Bertz CT molecular complexity index is 1870. The molecule has 3 aliphatic rings. The molecule has 8 heteroatoms. The van der Waals surface area contributed by atoms with E-state index in [9.17, 15) is 9.59 Å². The van der Waals surface area contributed by atoms with Crippen LogP contribution in [0.3, 0.4) is 0 Å². The molecule has 0 aliphatic carbocycles. The van der Waals surface area contributed by atoms with Gasteiger partial charge in [0, 0.05) is 17.5 Å². The van der Waals surface area contributed by atoms with E-state index in [0.717, 1.165) is 11.1 Å². The number of fused-ring (bicyclic) bond motifs is 6. The number of ether oxygens (including phenoxy) is 3. The Hall–Kier alpha value is -5.37. The van der Waals surface area contributed by atoms with Crippen molar-refractivity contribution in [2.24, 2.45) is 5.92 Å². The van der Waals surface area contributed by atoms with Gasteiger partial charge in [-0.2, -0.15) is 0 Å². The van der Waals surface area contributed by atoms with Crippen LogP contribution < -0.4 is 19.5 Å². The van der Waals surface area contributed by atoms with Gasteiger partial charge in [0.2, 0.25) is 5.91 Å². The number of Topliss-reactive ketones (excluding diaryl/α,β-unsaturated/α-hetero) is 2. The van der Waals surface area contributed by atoms with Crippen molar-refractivity contribution in [2.75, 3.05) is 26.6 Å². The smallest absolute Gasteiger partial charge is 0.238 e. The summed E-state index contributed by atoms with van der Waals surface area (Å²) in [6.45, 7) is 0. The molecule has 4 aromatic carbocycles. The summed E-state index contributed by atoms with van der Waals surface area (Å²) >= 11 is 0. The molecule has 0 bridgehead atoms. The van der Waals surface area contributed by atoms with Crippen LogP contribution in [0.1, 0.15) is 43.4 Å². The number of benzene rings is 4. The first kappa shape index (κ1) is 27.5. The van der Waals surface area contributed by atoms with Gasteiger partial charge in [-0.3, -0.25) is 14.4 Å². The average Bonchev–Trinajstić information content (AvgIpc) is 3.55. The number of amides is 1. The zero-order valence-corrected chi connectivity index (χ0v) is 24.4. The van der Waals surface area contributed by atoms with E-state index in [1.54, 1.807) is 42.5 Å². The molecule has 44 heavy (non-hydrogen) atoms. The van der Waals surface area contributed by atoms with Crippen LogP contribution >= 0.6 is 0 Å². The fourth-order valence-electron chi connectivity index (χ4n) is 7.34. The van der Waals surface area contributed by atoms with Crippen LogP contribution in [-0.2, 0) is 10.2 Å². The Labute approximate surface area is 254 Å². The molecule has 0 radical (unpaired) electrons. The highest BCUT2D eigenvalue weighted by Gasteiger charge is 2.70. The molecular formula is C36H30N2O6. The molecule has 1 spiro atoms. The third-order valence-corrected chi connectivity index (χ3v) is 9.16. The van der Waals surface area contributed by atoms with Crippen LogP contribution in [0.25, 0.3) is 6.08 Å². The number of nitrogens with one attached hydrogen (secondary N) is 1. The van der Waals surface area contributed by atoms with Crippen molar-refractivity contribution in [1.82, 2.24) is 4.90 Å². The van der Waals surface area contributed by atoms with Crippen molar-refractivity contribution < 1.29 is 28.6 Å². The number of nitrogens with zero attached hydrogens (tertiary/aromatic N) is 1. The highest BCUT2D eigenvalue weighted by Crippen LogP contribution is 2.62. The predicted molar refractivity (Wildman–Crippen MR) is 165 cm³/mol. The van der Waals surface area contributed by atoms with E-state index in [0.29, 0.717) is 39.6 Å². The minimum Gasteiger partial charge on any atom is -0.496 e. The second kappa shape index (κ2) is 10.4. The van der Waals surface area contributed by atoms with Crippen LogP contribution in [0, 0.1) is 5.92 Å². The Morgan fingerprint density at radius 1 is 0.773 bits per heavy atom. The topological polar surface area (TPSA) is 94.2 Å². The number of ketones is 2. The third kappa shape index (κ3) is 3.73. The molecule has 7 rings (SSSR count). The summed E-state index contributed by atoms with van der Waals surface area (Å²) < 4.78 is 16.6. The molecule has 1 fully saturated rings. The molecule has 1 amide bonds. The lowest BCUT2D eigenvalue weighted by Crippen LogP contribution is -2.49. The SMILES string of the molecule is COc1ccc(C(=O)[C@H]2[C@H](C(=O)c3ccccc3OC)[C@@]3(C(=O)Nc4ccccc43)[C@H]3c4ccccc4C=CN23)cc1OC. The average molecular weight is 587 g/mol. The molecule has 4 atom stereocenters. The predicted octanol–water partition coefficient (Wildman–Crippen LogP) is 5.69. The molecular weight excluding hydrogens is 556 g/mol. The van der Waals surface area contributed by atoms with E-state index in [2.05, 4.69) is 5.32 Å². The molecule has 3 aliphatic heterocycles. The number of para-hydroxylation sites is 2. The molecule has 220 valence electrons. The van der Waals surface area contributed by atoms with Crippen LogP contribution in [0.4, 0.5) is 5.69 Å². The Morgan fingerprint density at radius 3 is 2.27 bits per heavy atom.